The standard InChI is InChI=1S/C16H23N3O2/c1-5-12-17-13(4)19(6-2)15-10-8-14(9-11-15)18-16(20)21-7-3/h5,8-11H,1,6-7,12H2,2-4H3,(H,18,20). The quantitative estimate of drug-likeness (QED) is 0.493. The molecule has 0 bridgehead atoms. The Bertz CT molecular complexity index is 495. The summed E-state index contributed by atoms with van der Waals surface area (Å²) >= 11 is 0. The summed E-state index contributed by atoms with van der Waals surface area (Å²) in [6.07, 6.45) is 1.32. The number of aliphatic imine (C=N–C) groups is 1. The fraction of sp³-hybridized carbons (Fsp3) is 0.375. The molecule has 5 heteroatoms. The highest BCUT2D eigenvalue weighted by Crippen LogP contribution is 2.18. The van der Waals surface area contributed by atoms with Crippen LogP contribution in [-0.2, 0) is 4.74 Å². The van der Waals surface area contributed by atoms with Crippen LogP contribution in [0.5, 0.6) is 0 Å². The van der Waals surface area contributed by atoms with Crippen molar-refractivity contribution in [1.82, 2.24) is 0 Å². The van der Waals surface area contributed by atoms with Gasteiger partial charge < -0.3 is 9.64 Å². The highest BCUT2D eigenvalue weighted by Gasteiger charge is 2.08. The number of nitrogens with zero attached hydrogens (tertiary/aromatic N) is 2. The van der Waals surface area contributed by atoms with Crippen LogP contribution in [0, 0.1) is 0 Å². The minimum absolute atomic E-state index is 0.354. The van der Waals surface area contributed by atoms with Crippen LogP contribution in [0.4, 0.5) is 16.2 Å². The molecule has 114 valence electrons. The van der Waals surface area contributed by atoms with Gasteiger partial charge in [0.05, 0.1) is 13.2 Å². The molecule has 0 fully saturated rings. The number of rotatable bonds is 6. The number of nitrogens with one attached hydrogen (secondary N) is 1. The van der Waals surface area contributed by atoms with Crippen molar-refractivity contribution in [2.75, 3.05) is 29.9 Å². The Kier molecular flexibility index (Phi) is 7.01. The second-order valence-corrected chi connectivity index (χ2v) is 4.31. The molecule has 0 atom stereocenters. The van der Waals surface area contributed by atoms with Gasteiger partial charge in [-0.25, -0.2) is 4.79 Å². The number of hydrogen-bond donors (Lipinski definition) is 1. The molecule has 1 N–H and O–H groups in total. The van der Waals surface area contributed by atoms with Crippen LogP contribution in [-0.4, -0.2) is 31.6 Å². The topological polar surface area (TPSA) is 53.9 Å². The van der Waals surface area contributed by atoms with Gasteiger partial charge >= 0.3 is 6.09 Å². The lowest BCUT2D eigenvalue weighted by Crippen LogP contribution is -2.28. The summed E-state index contributed by atoms with van der Waals surface area (Å²) in [6, 6.07) is 7.57. The van der Waals surface area contributed by atoms with Crippen molar-refractivity contribution in [1.29, 1.82) is 0 Å². The molecule has 0 spiro atoms. The van der Waals surface area contributed by atoms with Crippen LogP contribution < -0.4 is 10.2 Å². The summed E-state index contributed by atoms with van der Waals surface area (Å²) in [5.74, 6) is 0.934. The number of carbonyl (C=O) groups is 1. The van der Waals surface area contributed by atoms with Crippen LogP contribution in [0.3, 0.4) is 0 Å². The molecular weight excluding hydrogens is 266 g/mol. The fourth-order valence-corrected chi connectivity index (χ4v) is 1.89. The van der Waals surface area contributed by atoms with E-state index in [1.54, 1.807) is 13.0 Å². The van der Waals surface area contributed by atoms with Crippen LogP contribution >= 0.6 is 0 Å². The SMILES string of the molecule is C=CCN=C(C)N(CC)c1ccc(NC(=O)OCC)cc1. The zero-order valence-corrected chi connectivity index (χ0v) is 12.9. The Balaban J connectivity index is 2.79. The normalized spacial score (nSPS) is 10.9. The Hall–Kier alpha value is -2.30. The minimum atomic E-state index is -0.443. The average molecular weight is 289 g/mol. The molecule has 0 aliphatic heterocycles. The first-order valence-corrected chi connectivity index (χ1v) is 7.05. The van der Waals surface area contributed by atoms with Gasteiger partial charge in [0.2, 0.25) is 0 Å². The van der Waals surface area contributed by atoms with Gasteiger partial charge in [0.1, 0.15) is 5.84 Å². The molecule has 1 amide bonds. The van der Waals surface area contributed by atoms with Gasteiger partial charge in [-0.1, -0.05) is 6.08 Å². The fourth-order valence-electron chi connectivity index (χ4n) is 1.89. The van der Waals surface area contributed by atoms with E-state index in [0.717, 1.165) is 18.1 Å². The van der Waals surface area contributed by atoms with E-state index in [4.69, 9.17) is 4.74 Å². The van der Waals surface area contributed by atoms with Gasteiger partial charge in [0, 0.05) is 17.9 Å². The number of amides is 1. The lowest BCUT2D eigenvalue weighted by atomic mass is 10.2. The zero-order valence-electron chi connectivity index (χ0n) is 12.9. The molecule has 0 heterocycles. The lowest BCUT2D eigenvalue weighted by Gasteiger charge is -2.23. The van der Waals surface area contributed by atoms with E-state index in [2.05, 4.69) is 28.7 Å². The maximum atomic E-state index is 11.3. The van der Waals surface area contributed by atoms with Crippen LogP contribution in [0.25, 0.3) is 0 Å². The first-order valence-electron chi connectivity index (χ1n) is 7.05. The Labute approximate surface area is 126 Å². The number of amidine groups is 1. The van der Waals surface area contributed by atoms with Crippen molar-refractivity contribution in [3.8, 4) is 0 Å². The first kappa shape index (κ1) is 16.8. The highest BCUT2D eigenvalue weighted by atomic mass is 16.5. The lowest BCUT2D eigenvalue weighted by molar-refractivity contribution is 0.168. The third-order valence-electron chi connectivity index (χ3n) is 2.86. The molecule has 0 unspecified atom stereocenters. The third kappa shape index (κ3) is 5.30. The van der Waals surface area contributed by atoms with Gasteiger partial charge in [-0.2, -0.15) is 0 Å². The van der Waals surface area contributed by atoms with Crippen molar-refractivity contribution in [3.05, 3.63) is 36.9 Å². The van der Waals surface area contributed by atoms with E-state index in [0.29, 0.717) is 18.8 Å². The summed E-state index contributed by atoms with van der Waals surface area (Å²) in [7, 11) is 0. The van der Waals surface area contributed by atoms with Crippen molar-refractivity contribution in [3.63, 3.8) is 0 Å². The molecule has 1 aromatic carbocycles. The Morgan fingerprint density at radius 3 is 2.57 bits per heavy atom. The summed E-state index contributed by atoms with van der Waals surface area (Å²) in [5, 5.41) is 2.67. The number of hydrogen-bond acceptors (Lipinski definition) is 3. The summed E-state index contributed by atoms with van der Waals surface area (Å²) in [6.45, 7) is 11.2. The smallest absolute Gasteiger partial charge is 0.411 e. The largest absolute Gasteiger partial charge is 0.450 e. The van der Waals surface area contributed by atoms with E-state index in [-0.39, 0.29) is 0 Å². The molecule has 5 nitrogen and oxygen atoms in total. The first-order chi connectivity index (χ1) is 10.1. The number of benzene rings is 1. The summed E-state index contributed by atoms with van der Waals surface area (Å²) in [5.41, 5.74) is 1.73. The van der Waals surface area contributed by atoms with E-state index < -0.39 is 6.09 Å². The predicted octanol–water partition coefficient (Wildman–Crippen LogP) is 3.69. The number of carbonyl (C=O) groups excluding carboxylic acids is 1. The number of anilines is 2. The molecule has 0 aliphatic rings. The molecule has 0 saturated carbocycles. The second kappa shape index (κ2) is 8.79. The Morgan fingerprint density at radius 2 is 2.05 bits per heavy atom. The molecular formula is C16H23N3O2. The Morgan fingerprint density at radius 1 is 1.38 bits per heavy atom. The summed E-state index contributed by atoms with van der Waals surface area (Å²) in [4.78, 5) is 17.9. The second-order valence-electron chi connectivity index (χ2n) is 4.31. The van der Waals surface area contributed by atoms with Crippen molar-refractivity contribution in [2.45, 2.75) is 20.8 Å². The van der Waals surface area contributed by atoms with E-state index in [1.807, 2.05) is 31.2 Å². The van der Waals surface area contributed by atoms with E-state index in [9.17, 15) is 4.79 Å². The van der Waals surface area contributed by atoms with Crippen LogP contribution in [0.15, 0.2) is 41.9 Å². The average Bonchev–Trinajstić information content (AvgIpc) is 2.48. The molecule has 0 aromatic heterocycles. The van der Waals surface area contributed by atoms with Crippen molar-refractivity contribution >= 4 is 23.3 Å². The van der Waals surface area contributed by atoms with E-state index in [1.165, 1.54) is 0 Å². The molecule has 0 saturated heterocycles. The van der Waals surface area contributed by atoms with Gasteiger partial charge in [-0.05, 0) is 45.0 Å². The third-order valence-corrected chi connectivity index (χ3v) is 2.86. The molecule has 1 rings (SSSR count). The van der Waals surface area contributed by atoms with Crippen LogP contribution in [0.2, 0.25) is 0 Å². The maximum Gasteiger partial charge on any atom is 0.411 e. The maximum absolute atomic E-state index is 11.3. The van der Waals surface area contributed by atoms with Gasteiger partial charge in [-0.3, -0.25) is 10.3 Å². The van der Waals surface area contributed by atoms with Gasteiger partial charge in [0.15, 0.2) is 0 Å². The van der Waals surface area contributed by atoms with Gasteiger partial charge in [-0.15, -0.1) is 6.58 Å². The highest BCUT2D eigenvalue weighted by molar-refractivity contribution is 5.96. The monoisotopic (exact) mass is 289 g/mol. The number of ether oxygens (including phenoxy) is 1. The molecule has 21 heavy (non-hydrogen) atoms. The predicted molar refractivity (Wildman–Crippen MR) is 88.3 cm³/mol. The molecule has 1 aromatic rings. The van der Waals surface area contributed by atoms with E-state index >= 15 is 0 Å². The minimum Gasteiger partial charge on any atom is -0.450 e. The zero-order chi connectivity index (χ0) is 15.7. The summed E-state index contributed by atoms with van der Waals surface area (Å²) < 4.78 is 4.84. The van der Waals surface area contributed by atoms with Gasteiger partial charge in [0.25, 0.3) is 0 Å². The molecule has 0 radical (unpaired) electrons. The van der Waals surface area contributed by atoms with Crippen LogP contribution in [0.1, 0.15) is 20.8 Å². The van der Waals surface area contributed by atoms with Crippen molar-refractivity contribution < 1.29 is 9.53 Å². The molecule has 0 aliphatic carbocycles. The van der Waals surface area contributed by atoms with Crippen molar-refractivity contribution in [2.24, 2.45) is 4.99 Å².